The van der Waals surface area contributed by atoms with Gasteiger partial charge < -0.3 is 113 Å². The van der Waals surface area contributed by atoms with Gasteiger partial charge in [0.05, 0.1) is 149 Å². The first-order chi connectivity index (χ1) is 39.0. The zero-order valence-corrected chi connectivity index (χ0v) is 43.6. The molecule has 6 heterocycles. The van der Waals surface area contributed by atoms with Crippen LogP contribution in [-0.4, -0.2) is 290 Å². The number of azide groups is 1. The van der Waals surface area contributed by atoms with E-state index in [2.05, 4.69) is 41.0 Å². The number of hydrogen-bond acceptors (Lipinski definition) is 32. The van der Waals surface area contributed by atoms with Gasteiger partial charge in [-0.1, -0.05) is 20.8 Å². The first-order valence-electron chi connectivity index (χ1n) is 25.5. The van der Waals surface area contributed by atoms with Gasteiger partial charge in [0.1, 0.15) is 96.9 Å². The van der Waals surface area contributed by atoms with Crippen molar-refractivity contribution in [1.82, 2.24) is 45.0 Å². The van der Waals surface area contributed by atoms with E-state index in [0.717, 1.165) is 0 Å². The Bertz CT molecular complexity index is 2170. The van der Waals surface area contributed by atoms with E-state index in [-0.39, 0.29) is 98.7 Å². The molecule has 3 fully saturated rings. The Morgan fingerprint density at radius 1 is 0.519 bits per heavy atom. The highest BCUT2D eigenvalue weighted by Gasteiger charge is 2.46. The molecular formula is C44H70N12O25. The second kappa shape index (κ2) is 32.6. The van der Waals surface area contributed by atoms with Crippen LogP contribution in [0.1, 0.15) is 29.9 Å². The maximum atomic E-state index is 13.2. The Labute approximate surface area is 459 Å². The molecule has 0 saturated carbocycles. The van der Waals surface area contributed by atoms with Gasteiger partial charge in [-0.3, -0.25) is 9.59 Å². The lowest BCUT2D eigenvalue weighted by Crippen LogP contribution is -2.59. The number of aliphatic hydroxyl groups is 12. The third-order valence-corrected chi connectivity index (χ3v) is 12.7. The van der Waals surface area contributed by atoms with Crippen molar-refractivity contribution >= 4 is 11.9 Å². The van der Waals surface area contributed by atoms with Gasteiger partial charge in [0, 0.05) is 4.91 Å². The van der Waals surface area contributed by atoms with E-state index < -0.39 is 142 Å². The first-order valence-corrected chi connectivity index (χ1v) is 25.5. The SMILES string of the molecule is [N-]=[N+]=NCCOC(=O)CCC(=O)OCC(COCc1cn(CCO[C@H]2O[C@H](CO)[C@@H](O)[C@H](O)[C@@H]2O)nn1)(COCc1cn(CCO[C@H]2O[C@H](CO)[C@@H](O)[C@H](O)[C@@H]2O)nn1)COCc1cn(CCO[C@H]2O[C@H](CO)[C@@H](O)[C@H](O)[C@@H]2O)nn1. The minimum atomic E-state index is -1.64. The van der Waals surface area contributed by atoms with E-state index in [9.17, 15) is 70.9 Å². The van der Waals surface area contributed by atoms with E-state index in [4.69, 9.17) is 57.6 Å². The highest BCUT2D eigenvalue weighted by atomic mass is 16.7. The lowest BCUT2D eigenvalue weighted by molar-refractivity contribution is -0.301. The molecule has 0 aromatic carbocycles. The van der Waals surface area contributed by atoms with Crippen molar-refractivity contribution in [2.45, 2.75) is 144 Å². The van der Waals surface area contributed by atoms with Gasteiger partial charge in [-0.2, -0.15) is 0 Å². The maximum absolute atomic E-state index is 13.2. The largest absolute Gasteiger partial charge is 0.466 e. The molecule has 3 aliphatic rings. The lowest BCUT2D eigenvalue weighted by atomic mass is 9.92. The topological polar surface area (TPSA) is 519 Å². The Morgan fingerprint density at radius 2 is 0.864 bits per heavy atom. The third kappa shape index (κ3) is 19.2. The molecular weight excluding hydrogens is 1100 g/mol. The average molecular weight is 1170 g/mol. The molecule has 0 bridgehead atoms. The number of carbonyl (C=O) groups is 2. The van der Waals surface area contributed by atoms with Crippen LogP contribution in [0.25, 0.3) is 10.4 Å². The Kier molecular flexibility index (Phi) is 26.2. The summed E-state index contributed by atoms with van der Waals surface area (Å²) in [6.07, 6.45) is -18.3. The fourth-order valence-electron chi connectivity index (χ4n) is 8.14. The highest BCUT2D eigenvalue weighted by Crippen LogP contribution is 2.26. The summed E-state index contributed by atoms with van der Waals surface area (Å²) >= 11 is 0. The molecule has 15 atom stereocenters. The summed E-state index contributed by atoms with van der Waals surface area (Å²) in [6, 6.07) is 0. The molecule has 37 nitrogen and oxygen atoms in total. The van der Waals surface area contributed by atoms with Crippen LogP contribution in [0, 0.1) is 5.41 Å². The number of aliphatic hydroxyl groups excluding tert-OH is 12. The molecule has 6 rings (SSSR count). The summed E-state index contributed by atoms with van der Waals surface area (Å²) in [6.45, 7) is -4.09. The van der Waals surface area contributed by atoms with Gasteiger partial charge in [0.2, 0.25) is 0 Å². The molecule has 12 N–H and O–H groups in total. The van der Waals surface area contributed by atoms with Crippen LogP contribution in [0.4, 0.5) is 0 Å². The van der Waals surface area contributed by atoms with E-state index in [0.29, 0.717) is 17.1 Å². The smallest absolute Gasteiger partial charge is 0.306 e. The Balaban J connectivity index is 1.11. The number of carbonyl (C=O) groups excluding carboxylic acids is 2. The number of esters is 2. The molecule has 3 saturated heterocycles. The molecule has 0 spiro atoms. The van der Waals surface area contributed by atoms with Gasteiger partial charge in [-0.05, 0) is 5.53 Å². The van der Waals surface area contributed by atoms with Crippen molar-refractivity contribution in [3.63, 3.8) is 0 Å². The zero-order valence-electron chi connectivity index (χ0n) is 43.6. The maximum Gasteiger partial charge on any atom is 0.306 e. The van der Waals surface area contributed by atoms with Gasteiger partial charge in [-0.15, -0.1) is 15.3 Å². The van der Waals surface area contributed by atoms with Crippen LogP contribution < -0.4 is 0 Å². The van der Waals surface area contributed by atoms with Gasteiger partial charge in [0.25, 0.3) is 0 Å². The number of rotatable bonds is 35. The predicted molar refractivity (Wildman–Crippen MR) is 256 cm³/mol. The summed E-state index contributed by atoms with van der Waals surface area (Å²) in [5.41, 5.74) is 8.07. The van der Waals surface area contributed by atoms with Crippen molar-refractivity contribution in [2.24, 2.45) is 10.5 Å². The summed E-state index contributed by atoms with van der Waals surface area (Å²) in [4.78, 5) is 28.1. The Hall–Kier alpha value is -5.17. The minimum Gasteiger partial charge on any atom is -0.466 e. The molecule has 456 valence electrons. The standard InChI is InChI=1S/C44H70N12O25/c45-50-46-3-7-74-30(60)1-2-31(61)78-23-44(20-71-17-24-11-54(51-47-24)4-8-75-41-38(68)35(65)32(62)27(14-57)79-41,21-72-18-25-12-55(52-48-25)5-9-76-42-39(69)36(66)33(63)28(15-58)80-42)22-73-19-26-13-56(53-49-26)6-10-77-43-40(70)37(67)34(64)29(16-59)81-43/h11-13,27-29,32-43,57-59,62-70H,1-10,14-23H2/t27-,28-,29-,32-,33-,34-,35+,36+,37+,38+,39+,40+,41+,42+,43+/m1/s1. The van der Waals surface area contributed by atoms with Gasteiger partial charge in [-0.25, -0.2) is 14.0 Å². The van der Waals surface area contributed by atoms with Crippen molar-refractivity contribution < 1.29 is 123 Å². The van der Waals surface area contributed by atoms with Crippen molar-refractivity contribution in [3.8, 4) is 0 Å². The van der Waals surface area contributed by atoms with Crippen LogP contribution in [0.3, 0.4) is 0 Å². The monoisotopic (exact) mass is 1170 g/mol. The van der Waals surface area contributed by atoms with Crippen LogP contribution in [0.2, 0.25) is 0 Å². The van der Waals surface area contributed by atoms with Crippen molar-refractivity contribution in [2.75, 3.05) is 79.2 Å². The number of ether oxygens (including phenoxy) is 11. The van der Waals surface area contributed by atoms with Crippen LogP contribution in [0.15, 0.2) is 23.7 Å². The lowest BCUT2D eigenvalue weighted by Gasteiger charge is -2.39. The van der Waals surface area contributed by atoms with Crippen LogP contribution >= 0.6 is 0 Å². The van der Waals surface area contributed by atoms with Crippen LogP contribution in [0.5, 0.6) is 0 Å². The summed E-state index contributed by atoms with van der Waals surface area (Å²) in [7, 11) is 0. The Morgan fingerprint density at radius 3 is 1.20 bits per heavy atom. The molecule has 81 heavy (non-hydrogen) atoms. The fourth-order valence-corrected chi connectivity index (χ4v) is 8.14. The normalized spacial score (nSPS) is 28.9. The molecule has 0 radical (unpaired) electrons. The van der Waals surface area contributed by atoms with Gasteiger partial charge >= 0.3 is 11.9 Å². The van der Waals surface area contributed by atoms with Crippen molar-refractivity contribution in [1.29, 1.82) is 0 Å². The predicted octanol–water partition coefficient (Wildman–Crippen LogP) is -7.98. The summed E-state index contributed by atoms with van der Waals surface area (Å²) in [5, 5.41) is 148. The zero-order chi connectivity index (χ0) is 58.5. The molecule has 3 aromatic rings. The second-order valence-electron chi connectivity index (χ2n) is 18.9. The van der Waals surface area contributed by atoms with E-state index in [1.807, 2.05) is 0 Å². The van der Waals surface area contributed by atoms with Crippen molar-refractivity contribution in [3.05, 3.63) is 46.1 Å². The molecule has 0 unspecified atom stereocenters. The van der Waals surface area contributed by atoms with E-state index in [1.165, 1.54) is 32.6 Å². The average Bonchev–Trinajstić information content (AvgIpc) is 4.40. The number of hydrogen-bond donors (Lipinski definition) is 12. The number of nitrogens with zero attached hydrogens (tertiary/aromatic N) is 12. The first kappa shape index (κ1) is 65.0. The van der Waals surface area contributed by atoms with Gasteiger partial charge in [0.15, 0.2) is 18.9 Å². The molecule has 3 aliphatic heterocycles. The second-order valence-corrected chi connectivity index (χ2v) is 18.9. The summed E-state index contributed by atoms with van der Waals surface area (Å²) < 4.78 is 66.1. The highest BCUT2D eigenvalue weighted by molar-refractivity contribution is 5.77. The van der Waals surface area contributed by atoms with Crippen LogP contribution in [-0.2, 0) is 101 Å². The van der Waals surface area contributed by atoms with E-state index in [1.54, 1.807) is 0 Å². The van der Waals surface area contributed by atoms with E-state index >= 15 is 0 Å². The molecule has 37 heteroatoms. The molecule has 3 aromatic heterocycles. The minimum absolute atomic E-state index is 0.0662. The molecule has 0 amide bonds. The molecule has 0 aliphatic carbocycles. The summed E-state index contributed by atoms with van der Waals surface area (Å²) in [5.74, 6) is -1.57. The third-order valence-electron chi connectivity index (χ3n) is 12.7. The quantitative estimate of drug-likeness (QED) is 0.00855. The fraction of sp³-hybridized carbons (Fsp3) is 0.818. The number of aromatic nitrogens is 9.